The Kier molecular flexibility index (Phi) is 5.27. The summed E-state index contributed by atoms with van der Waals surface area (Å²) >= 11 is 0. The van der Waals surface area contributed by atoms with Gasteiger partial charge in [0.15, 0.2) is 6.04 Å². The first-order valence-electron chi connectivity index (χ1n) is 4.03. The van der Waals surface area contributed by atoms with Gasteiger partial charge in [-0.15, -0.1) is 0 Å². The molecule has 0 heterocycles. The highest BCUT2D eigenvalue weighted by atomic mass is 16.4. The van der Waals surface area contributed by atoms with E-state index in [1.54, 1.807) is 0 Å². The van der Waals surface area contributed by atoms with Gasteiger partial charge < -0.3 is 36.0 Å². The zero-order chi connectivity index (χ0) is 12.0. The SMILES string of the molecule is [NH3+][C@@H](CO)C(=O)N[C@@H](CC(=O)[O-])C(=O)[O-]. The van der Waals surface area contributed by atoms with Gasteiger partial charge in [-0.2, -0.15) is 0 Å². The Labute approximate surface area is 84.7 Å². The van der Waals surface area contributed by atoms with E-state index < -0.39 is 43.0 Å². The van der Waals surface area contributed by atoms with Crippen LogP contribution in [-0.2, 0) is 14.4 Å². The predicted octanol–water partition coefficient (Wildman–Crippen LogP) is -6.04. The number of carbonyl (C=O) groups is 3. The maximum absolute atomic E-state index is 11.0. The molecule has 0 aromatic carbocycles. The van der Waals surface area contributed by atoms with E-state index in [4.69, 9.17) is 5.11 Å². The molecule has 0 saturated heterocycles. The van der Waals surface area contributed by atoms with Crippen LogP contribution in [0.4, 0.5) is 0 Å². The van der Waals surface area contributed by atoms with Gasteiger partial charge in [0, 0.05) is 12.4 Å². The van der Waals surface area contributed by atoms with E-state index >= 15 is 0 Å². The lowest BCUT2D eigenvalue weighted by Crippen LogP contribution is -2.70. The zero-order valence-electron chi connectivity index (χ0n) is 7.76. The van der Waals surface area contributed by atoms with Gasteiger partial charge in [-0.05, 0) is 0 Å². The van der Waals surface area contributed by atoms with E-state index in [-0.39, 0.29) is 0 Å². The second kappa shape index (κ2) is 5.94. The largest absolute Gasteiger partial charge is 0.550 e. The van der Waals surface area contributed by atoms with E-state index in [0.29, 0.717) is 0 Å². The van der Waals surface area contributed by atoms with Gasteiger partial charge >= 0.3 is 0 Å². The first-order chi connectivity index (χ1) is 6.88. The van der Waals surface area contributed by atoms with Gasteiger partial charge in [-0.25, -0.2) is 0 Å². The van der Waals surface area contributed by atoms with Crippen LogP contribution >= 0.6 is 0 Å². The average molecular weight is 219 g/mol. The van der Waals surface area contributed by atoms with Gasteiger partial charge in [0.2, 0.25) is 0 Å². The fourth-order valence-electron chi connectivity index (χ4n) is 0.732. The molecule has 86 valence electrons. The molecular weight excluding hydrogens is 208 g/mol. The summed E-state index contributed by atoms with van der Waals surface area (Å²) in [6, 6.07) is -2.74. The smallest absolute Gasteiger partial charge is 0.281 e. The molecule has 8 heteroatoms. The van der Waals surface area contributed by atoms with E-state index in [2.05, 4.69) is 5.73 Å². The number of hydrogen-bond donors (Lipinski definition) is 3. The van der Waals surface area contributed by atoms with Gasteiger partial charge in [0.1, 0.15) is 6.61 Å². The van der Waals surface area contributed by atoms with Crippen LogP contribution in [0.5, 0.6) is 0 Å². The van der Waals surface area contributed by atoms with Gasteiger partial charge in [0.05, 0.1) is 12.0 Å². The number of carbonyl (C=O) groups excluding carboxylic acids is 3. The maximum atomic E-state index is 11.0. The zero-order valence-corrected chi connectivity index (χ0v) is 7.76. The van der Waals surface area contributed by atoms with Crippen LogP contribution < -0.4 is 21.3 Å². The quantitative estimate of drug-likeness (QED) is 0.403. The van der Waals surface area contributed by atoms with E-state index in [1.807, 2.05) is 5.32 Å². The van der Waals surface area contributed by atoms with Crippen molar-refractivity contribution in [1.82, 2.24) is 5.32 Å². The number of aliphatic hydroxyl groups is 1. The molecule has 15 heavy (non-hydrogen) atoms. The highest BCUT2D eigenvalue weighted by molar-refractivity contribution is 5.87. The van der Waals surface area contributed by atoms with Crippen LogP contribution in [0, 0.1) is 0 Å². The third kappa shape index (κ3) is 4.93. The lowest BCUT2D eigenvalue weighted by Gasteiger charge is -2.20. The number of carboxylic acids is 2. The molecule has 0 aromatic rings. The van der Waals surface area contributed by atoms with Crippen molar-refractivity contribution in [2.75, 3.05) is 6.61 Å². The second-order valence-electron chi connectivity index (χ2n) is 2.84. The molecule has 0 unspecified atom stereocenters. The Bertz CT molecular complexity index is 266. The minimum Gasteiger partial charge on any atom is -0.550 e. The van der Waals surface area contributed by atoms with Crippen molar-refractivity contribution in [2.24, 2.45) is 0 Å². The van der Waals surface area contributed by atoms with Crippen LogP contribution in [0.1, 0.15) is 6.42 Å². The van der Waals surface area contributed by atoms with Crippen LogP contribution in [0.25, 0.3) is 0 Å². The molecule has 0 fully saturated rings. The molecule has 5 N–H and O–H groups in total. The average Bonchev–Trinajstić information content (AvgIpc) is 2.14. The van der Waals surface area contributed by atoms with Crippen molar-refractivity contribution in [3.05, 3.63) is 0 Å². The summed E-state index contributed by atoms with van der Waals surface area (Å²) in [5.41, 5.74) is 3.21. The topological polar surface area (TPSA) is 157 Å². The highest BCUT2D eigenvalue weighted by Crippen LogP contribution is 1.90. The molecule has 0 aliphatic heterocycles. The number of nitrogens with one attached hydrogen (secondary N) is 1. The fourth-order valence-corrected chi connectivity index (χ4v) is 0.732. The Balaban J connectivity index is 4.35. The lowest BCUT2D eigenvalue weighted by atomic mass is 10.2. The van der Waals surface area contributed by atoms with Crippen LogP contribution in [-0.4, -0.2) is 41.6 Å². The standard InChI is InChI=1S/C7H12N2O6/c8-3(2-10)6(13)9-4(7(14)15)1-5(11)12/h3-4,10H,1-2,8H2,(H,9,13)(H,11,12)(H,14,15)/p-1/t3-,4-/m0/s1. The minimum atomic E-state index is -1.74. The first-order valence-corrected chi connectivity index (χ1v) is 4.03. The normalized spacial score (nSPS) is 14.0. The summed E-state index contributed by atoms with van der Waals surface area (Å²) in [6.45, 7) is -0.572. The fraction of sp³-hybridized carbons (Fsp3) is 0.571. The second-order valence-corrected chi connectivity index (χ2v) is 2.84. The molecule has 0 aliphatic rings. The molecule has 0 rings (SSSR count). The summed E-state index contributed by atoms with van der Waals surface area (Å²) < 4.78 is 0. The molecule has 2 atom stereocenters. The third-order valence-corrected chi connectivity index (χ3v) is 1.56. The Morgan fingerprint density at radius 2 is 1.87 bits per heavy atom. The number of carboxylic acid groups (broad SMARTS) is 2. The Morgan fingerprint density at radius 3 is 2.20 bits per heavy atom. The van der Waals surface area contributed by atoms with Gasteiger partial charge in [-0.3, -0.25) is 4.79 Å². The Morgan fingerprint density at radius 1 is 1.33 bits per heavy atom. The van der Waals surface area contributed by atoms with Crippen LogP contribution in [0.2, 0.25) is 0 Å². The van der Waals surface area contributed by atoms with Gasteiger partial charge in [0.25, 0.3) is 5.91 Å². The molecule has 0 bridgehead atoms. The first kappa shape index (κ1) is 13.3. The molecule has 1 amide bonds. The van der Waals surface area contributed by atoms with Crippen molar-refractivity contribution >= 4 is 17.8 Å². The van der Waals surface area contributed by atoms with Crippen molar-refractivity contribution in [1.29, 1.82) is 0 Å². The van der Waals surface area contributed by atoms with Crippen LogP contribution in [0.3, 0.4) is 0 Å². The van der Waals surface area contributed by atoms with Crippen molar-refractivity contribution in [3.63, 3.8) is 0 Å². The van der Waals surface area contributed by atoms with E-state index in [1.165, 1.54) is 0 Å². The lowest BCUT2D eigenvalue weighted by molar-refractivity contribution is -0.409. The molecule has 0 saturated carbocycles. The number of rotatable bonds is 6. The number of aliphatic carboxylic acids is 2. The highest BCUT2D eigenvalue weighted by Gasteiger charge is 2.20. The van der Waals surface area contributed by atoms with Gasteiger partial charge in [-0.1, -0.05) is 0 Å². The summed E-state index contributed by atoms with van der Waals surface area (Å²) in [5, 5.41) is 30.9. The third-order valence-electron chi connectivity index (χ3n) is 1.56. The predicted molar refractivity (Wildman–Crippen MR) is 40.3 cm³/mol. The number of quaternary nitrogens is 1. The summed E-state index contributed by atoms with van der Waals surface area (Å²) in [5.74, 6) is -4.24. The molecule has 0 aliphatic carbocycles. The maximum Gasteiger partial charge on any atom is 0.281 e. The monoisotopic (exact) mass is 219 g/mol. The molecule has 0 radical (unpaired) electrons. The van der Waals surface area contributed by atoms with Crippen molar-refractivity contribution < 1.29 is 35.4 Å². The molecular formula is C7H11N2O6-. The number of aliphatic hydroxyl groups excluding tert-OH is 1. The van der Waals surface area contributed by atoms with Crippen LogP contribution in [0.15, 0.2) is 0 Å². The molecule has 0 aromatic heterocycles. The van der Waals surface area contributed by atoms with E-state index in [9.17, 15) is 24.6 Å². The summed E-state index contributed by atoms with van der Waals surface area (Å²) in [7, 11) is 0. The molecule has 0 spiro atoms. The minimum absolute atomic E-state index is 0.572. The number of amides is 1. The number of hydrogen-bond acceptors (Lipinski definition) is 6. The molecule has 8 nitrogen and oxygen atoms in total. The van der Waals surface area contributed by atoms with E-state index in [0.717, 1.165) is 0 Å². The summed E-state index contributed by atoms with van der Waals surface area (Å²) in [6.07, 6.45) is -0.897. The van der Waals surface area contributed by atoms with Crippen molar-refractivity contribution in [2.45, 2.75) is 18.5 Å². The van der Waals surface area contributed by atoms with Crippen molar-refractivity contribution in [3.8, 4) is 0 Å². The summed E-state index contributed by atoms with van der Waals surface area (Å²) in [4.78, 5) is 31.5. The Hall–Kier alpha value is -1.67.